The summed E-state index contributed by atoms with van der Waals surface area (Å²) >= 11 is 0. The van der Waals surface area contributed by atoms with Gasteiger partial charge in [-0.2, -0.15) is 0 Å². The lowest BCUT2D eigenvalue weighted by atomic mass is 9.66. The van der Waals surface area contributed by atoms with Crippen molar-refractivity contribution in [2.45, 2.75) is 91.9 Å². The fourth-order valence-electron chi connectivity index (χ4n) is 4.56. The highest BCUT2D eigenvalue weighted by molar-refractivity contribution is 6.60. The lowest BCUT2D eigenvalue weighted by Crippen LogP contribution is -2.46. The number of epoxide rings is 1. The van der Waals surface area contributed by atoms with E-state index >= 15 is 0 Å². The van der Waals surface area contributed by atoms with E-state index < -0.39 is 14.2 Å². The van der Waals surface area contributed by atoms with Crippen molar-refractivity contribution in [3.63, 3.8) is 0 Å². The molecule has 2 fully saturated rings. The zero-order chi connectivity index (χ0) is 20.8. The molecule has 0 amide bonds. The molecule has 2 rings (SSSR count). The summed E-state index contributed by atoms with van der Waals surface area (Å²) in [4.78, 5) is 13.1. The van der Waals surface area contributed by atoms with Crippen molar-refractivity contribution in [3.05, 3.63) is 0 Å². The van der Waals surface area contributed by atoms with Crippen LogP contribution in [0.1, 0.15) is 73.6 Å². The summed E-state index contributed by atoms with van der Waals surface area (Å²) in [7, 11) is -2.68. The smallest absolute Gasteiger partial charge is 0.465 e. The summed E-state index contributed by atoms with van der Waals surface area (Å²) in [5.74, 6) is -0.0622. The van der Waals surface area contributed by atoms with E-state index in [9.17, 15) is 4.79 Å². The number of carbonyl (C=O) groups excluding carboxylic acids is 1. The maximum atomic E-state index is 13.1. The molecule has 0 aromatic carbocycles. The Morgan fingerprint density at radius 3 is 2.18 bits per heavy atom. The van der Waals surface area contributed by atoms with E-state index in [1.807, 2.05) is 20.8 Å². The van der Waals surface area contributed by atoms with Gasteiger partial charge in [0.2, 0.25) is 0 Å². The monoisotopic (exact) mass is 416 g/mol. The first-order valence-electron chi connectivity index (χ1n) is 10.9. The van der Waals surface area contributed by atoms with Crippen LogP contribution in [0.25, 0.3) is 0 Å². The Morgan fingerprint density at radius 1 is 1.07 bits per heavy atom. The quantitative estimate of drug-likeness (QED) is 0.204. The highest BCUT2D eigenvalue weighted by Gasteiger charge is 2.55. The summed E-state index contributed by atoms with van der Waals surface area (Å²) in [5.41, 5.74) is -0.341. The van der Waals surface area contributed by atoms with Crippen LogP contribution >= 0.6 is 0 Å². The summed E-state index contributed by atoms with van der Waals surface area (Å²) in [5, 5.41) is 0. The van der Waals surface area contributed by atoms with Gasteiger partial charge in [-0.15, -0.1) is 0 Å². The molecule has 1 aliphatic carbocycles. The minimum absolute atomic E-state index is 0.0622. The standard InChI is InChI=1S/C21H40O6Si/c1-7-24-28(25-8-2,26-9-3)14-10-13-23-19(22)21(16-20(4,5)6)12-11-17-18(15-21)27-17/h17-18H,7-16H2,1-6H3. The third-order valence-corrected chi connectivity index (χ3v) is 8.59. The molecule has 0 aromatic heterocycles. The molecule has 164 valence electrons. The van der Waals surface area contributed by atoms with Crippen molar-refractivity contribution in [3.8, 4) is 0 Å². The van der Waals surface area contributed by atoms with Crippen molar-refractivity contribution in [2.24, 2.45) is 10.8 Å². The molecule has 0 spiro atoms. The molecule has 7 heteroatoms. The number of hydrogen-bond donors (Lipinski definition) is 0. The van der Waals surface area contributed by atoms with Crippen molar-refractivity contribution < 1.29 is 27.5 Å². The number of ether oxygens (including phenoxy) is 2. The summed E-state index contributed by atoms with van der Waals surface area (Å²) in [6.45, 7) is 14.5. The lowest BCUT2D eigenvalue weighted by Gasteiger charge is -2.38. The Kier molecular flexibility index (Phi) is 8.52. The molecular formula is C21H40O6Si. The minimum Gasteiger partial charge on any atom is -0.465 e. The lowest BCUT2D eigenvalue weighted by molar-refractivity contribution is -0.160. The van der Waals surface area contributed by atoms with Crippen molar-refractivity contribution in [2.75, 3.05) is 26.4 Å². The molecular weight excluding hydrogens is 376 g/mol. The molecule has 28 heavy (non-hydrogen) atoms. The zero-order valence-corrected chi connectivity index (χ0v) is 19.7. The van der Waals surface area contributed by atoms with Crippen LogP contribution in [-0.4, -0.2) is 53.4 Å². The third kappa shape index (κ3) is 6.52. The number of carbonyl (C=O) groups is 1. The van der Waals surface area contributed by atoms with Crippen LogP contribution in [0.2, 0.25) is 6.04 Å². The van der Waals surface area contributed by atoms with Gasteiger partial charge in [-0.25, -0.2) is 0 Å². The van der Waals surface area contributed by atoms with E-state index in [0.717, 1.165) is 25.7 Å². The van der Waals surface area contributed by atoms with Gasteiger partial charge in [0.25, 0.3) is 0 Å². The van der Waals surface area contributed by atoms with Gasteiger partial charge in [-0.1, -0.05) is 20.8 Å². The van der Waals surface area contributed by atoms with Gasteiger partial charge in [-0.3, -0.25) is 4.79 Å². The first-order chi connectivity index (χ1) is 13.2. The Morgan fingerprint density at radius 2 is 1.68 bits per heavy atom. The van der Waals surface area contributed by atoms with Crippen LogP contribution < -0.4 is 0 Å². The molecule has 0 bridgehead atoms. The zero-order valence-electron chi connectivity index (χ0n) is 18.7. The molecule has 0 radical (unpaired) electrons. The number of esters is 1. The Labute approximate surface area is 172 Å². The minimum atomic E-state index is -2.68. The van der Waals surface area contributed by atoms with Gasteiger partial charge < -0.3 is 22.8 Å². The maximum Gasteiger partial charge on any atom is 0.501 e. The van der Waals surface area contributed by atoms with E-state index in [1.54, 1.807) is 0 Å². The summed E-state index contributed by atoms with van der Waals surface area (Å²) in [6.07, 6.45) is 4.76. The predicted molar refractivity (Wildman–Crippen MR) is 110 cm³/mol. The fourth-order valence-corrected chi connectivity index (χ4v) is 7.14. The predicted octanol–water partition coefficient (Wildman–Crippen LogP) is 4.34. The normalized spacial score (nSPS) is 27.4. The highest BCUT2D eigenvalue weighted by atomic mass is 28.4. The second-order valence-electron chi connectivity index (χ2n) is 9.20. The van der Waals surface area contributed by atoms with Crippen molar-refractivity contribution in [1.29, 1.82) is 0 Å². The largest absolute Gasteiger partial charge is 0.501 e. The molecule has 3 atom stereocenters. The molecule has 2 aliphatic rings. The van der Waals surface area contributed by atoms with Gasteiger partial charge in [0, 0.05) is 25.9 Å². The Hall–Kier alpha value is -0.473. The molecule has 1 saturated carbocycles. The first-order valence-corrected chi connectivity index (χ1v) is 12.9. The van der Waals surface area contributed by atoms with E-state index in [-0.39, 0.29) is 17.5 Å². The van der Waals surface area contributed by atoms with Crippen LogP contribution in [0.4, 0.5) is 0 Å². The molecule has 3 unspecified atom stereocenters. The van der Waals surface area contributed by atoms with E-state index in [0.29, 0.717) is 45.0 Å². The van der Waals surface area contributed by atoms with E-state index in [4.69, 9.17) is 22.8 Å². The summed E-state index contributed by atoms with van der Waals surface area (Å²) < 4.78 is 29.1. The second kappa shape index (κ2) is 10.0. The number of hydrogen-bond acceptors (Lipinski definition) is 6. The highest BCUT2D eigenvalue weighted by Crippen LogP contribution is 2.51. The molecule has 1 saturated heterocycles. The van der Waals surface area contributed by atoms with Gasteiger partial charge in [0.15, 0.2) is 0 Å². The van der Waals surface area contributed by atoms with Gasteiger partial charge in [-0.05, 0) is 58.3 Å². The maximum absolute atomic E-state index is 13.1. The molecule has 0 N–H and O–H groups in total. The van der Waals surface area contributed by atoms with Crippen LogP contribution in [0.3, 0.4) is 0 Å². The molecule has 6 nitrogen and oxygen atoms in total. The van der Waals surface area contributed by atoms with Crippen LogP contribution in [0.15, 0.2) is 0 Å². The first kappa shape index (κ1) is 23.8. The van der Waals surface area contributed by atoms with Crippen molar-refractivity contribution in [1.82, 2.24) is 0 Å². The van der Waals surface area contributed by atoms with Crippen LogP contribution in [0.5, 0.6) is 0 Å². The van der Waals surface area contributed by atoms with E-state index in [1.165, 1.54) is 0 Å². The van der Waals surface area contributed by atoms with Crippen molar-refractivity contribution >= 4 is 14.8 Å². The average Bonchev–Trinajstić information content (AvgIpc) is 3.36. The molecule has 1 heterocycles. The van der Waals surface area contributed by atoms with Crippen LogP contribution in [-0.2, 0) is 27.5 Å². The Balaban J connectivity index is 1.91. The average molecular weight is 417 g/mol. The molecule has 1 aliphatic heterocycles. The van der Waals surface area contributed by atoms with Gasteiger partial charge >= 0.3 is 14.8 Å². The topological polar surface area (TPSA) is 66.5 Å². The van der Waals surface area contributed by atoms with Gasteiger partial charge in [0.1, 0.15) is 0 Å². The number of fused-ring (bicyclic) bond motifs is 1. The summed E-state index contributed by atoms with van der Waals surface area (Å²) in [6, 6.07) is 0.663. The second-order valence-corrected chi connectivity index (χ2v) is 11.9. The third-order valence-electron chi connectivity index (χ3n) is 5.44. The fraction of sp³-hybridized carbons (Fsp3) is 0.952. The Bertz CT molecular complexity index is 489. The molecule has 0 aromatic rings. The van der Waals surface area contributed by atoms with Crippen LogP contribution in [0, 0.1) is 10.8 Å². The van der Waals surface area contributed by atoms with E-state index in [2.05, 4.69) is 20.8 Å². The number of rotatable bonds is 12. The SMILES string of the molecule is CCO[Si](CCCOC(=O)C1(CC(C)(C)C)CCC2OC2C1)(OCC)OCC. The van der Waals surface area contributed by atoms with Gasteiger partial charge in [0.05, 0.1) is 24.2 Å².